The maximum atomic E-state index is 4.47. The highest BCUT2D eigenvalue weighted by Gasteiger charge is 2.16. The molecule has 1 aromatic carbocycles. The van der Waals surface area contributed by atoms with Crippen LogP contribution in [0.25, 0.3) is 0 Å². The van der Waals surface area contributed by atoms with Crippen molar-refractivity contribution in [3.63, 3.8) is 0 Å². The van der Waals surface area contributed by atoms with E-state index < -0.39 is 0 Å². The number of para-hydroxylation sites is 1. The van der Waals surface area contributed by atoms with Crippen LogP contribution in [0.1, 0.15) is 25.0 Å². The predicted molar refractivity (Wildman–Crippen MR) is 100 cm³/mol. The molecule has 0 atom stereocenters. The Hall–Kier alpha value is -2.14. The first-order valence-corrected chi connectivity index (χ1v) is 8.84. The van der Waals surface area contributed by atoms with Crippen molar-refractivity contribution in [2.75, 3.05) is 43.4 Å². The second-order valence-electron chi connectivity index (χ2n) is 6.34. The summed E-state index contributed by atoms with van der Waals surface area (Å²) in [6, 6.07) is 8.57. The third-order valence-electron chi connectivity index (χ3n) is 4.73. The van der Waals surface area contributed by atoms with Gasteiger partial charge < -0.3 is 15.1 Å². The molecule has 0 aliphatic carbocycles. The molecule has 128 valence electrons. The van der Waals surface area contributed by atoms with E-state index in [9.17, 15) is 0 Å². The minimum Gasteiger partial charge on any atom is -0.354 e. The Morgan fingerprint density at radius 1 is 1.00 bits per heavy atom. The average molecular weight is 325 g/mol. The normalized spacial score (nSPS) is 15.5. The number of aromatic nitrogens is 2. The molecule has 0 amide bonds. The number of hydrogen-bond donors (Lipinski definition) is 1. The summed E-state index contributed by atoms with van der Waals surface area (Å²) in [5.41, 5.74) is 3.86. The lowest BCUT2D eigenvalue weighted by molar-refractivity contribution is 0.312. The molecular formula is C19H27N5. The van der Waals surface area contributed by atoms with Gasteiger partial charge in [-0.25, -0.2) is 9.97 Å². The molecule has 1 saturated heterocycles. The second-order valence-corrected chi connectivity index (χ2v) is 6.34. The van der Waals surface area contributed by atoms with Crippen LogP contribution in [0.3, 0.4) is 0 Å². The summed E-state index contributed by atoms with van der Waals surface area (Å²) in [6.45, 7) is 8.55. The summed E-state index contributed by atoms with van der Waals surface area (Å²) < 4.78 is 0. The minimum atomic E-state index is 0.870. The summed E-state index contributed by atoms with van der Waals surface area (Å²) in [5, 5.41) is 3.54. The Bertz CT molecular complexity index is 655. The zero-order valence-corrected chi connectivity index (χ0v) is 14.9. The van der Waals surface area contributed by atoms with Gasteiger partial charge in [-0.1, -0.05) is 32.0 Å². The van der Waals surface area contributed by atoms with Crippen LogP contribution in [0, 0.1) is 0 Å². The van der Waals surface area contributed by atoms with Gasteiger partial charge in [0.15, 0.2) is 0 Å². The number of hydrogen-bond acceptors (Lipinski definition) is 5. The molecule has 1 aliphatic heterocycles. The minimum absolute atomic E-state index is 0.870. The molecule has 0 unspecified atom stereocenters. The van der Waals surface area contributed by atoms with Crippen LogP contribution in [-0.2, 0) is 12.8 Å². The first-order valence-electron chi connectivity index (χ1n) is 8.84. The van der Waals surface area contributed by atoms with E-state index in [4.69, 9.17) is 0 Å². The third kappa shape index (κ3) is 3.67. The van der Waals surface area contributed by atoms with E-state index in [-0.39, 0.29) is 0 Å². The first kappa shape index (κ1) is 16.7. The predicted octanol–water partition coefficient (Wildman–Crippen LogP) is 3.10. The summed E-state index contributed by atoms with van der Waals surface area (Å²) >= 11 is 0. The molecule has 1 aromatic heterocycles. The van der Waals surface area contributed by atoms with Gasteiger partial charge in [0.1, 0.15) is 18.0 Å². The number of benzene rings is 1. The number of piperazine rings is 1. The van der Waals surface area contributed by atoms with E-state index in [0.717, 1.165) is 50.7 Å². The zero-order valence-electron chi connectivity index (χ0n) is 14.9. The lowest BCUT2D eigenvalue weighted by Crippen LogP contribution is -2.44. The highest BCUT2D eigenvalue weighted by atomic mass is 15.3. The number of nitrogens with zero attached hydrogens (tertiary/aromatic N) is 4. The van der Waals surface area contributed by atoms with Crippen molar-refractivity contribution in [2.45, 2.75) is 26.7 Å². The van der Waals surface area contributed by atoms with Gasteiger partial charge in [-0.05, 0) is 31.0 Å². The van der Waals surface area contributed by atoms with Crippen LogP contribution in [0.4, 0.5) is 17.3 Å². The number of nitrogens with one attached hydrogen (secondary N) is 1. The number of aryl methyl sites for hydroxylation is 2. The van der Waals surface area contributed by atoms with Gasteiger partial charge in [-0.15, -0.1) is 0 Å². The van der Waals surface area contributed by atoms with Crippen molar-refractivity contribution in [3.8, 4) is 0 Å². The van der Waals surface area contributed by atoms with Gasteiger partial charge in [0.05, 0.1) is 0 Å². The SMILES string of the molecule is CCc1cccc(CC)c1Nc1cc(N2CCN(C)CC2)ncn1. The van der Waals surface area contributed by atoms with E-state index >= 15 is 0 Å². The molecule has 0 spiro atoms. The highest BCUT2D eigenvalue weighted by Crippen LogP contribution is 2.27. The van der Waals surface area contributed by atoms with E-state index in [1.807, 2.05) is 0 Å². The number of anilines is 3. The molecular weight excluding hydrogens is 298 g/mol. The standard InChI is InChI=1S/C19H27N5/c1-4-15-7-6-8-16(5-2)19(15)22-17-13-18(21-14-20-17)24-11-9-23(3)10-12-24/h6-8,13-14H,4-5,9-12H2,1-3H3,(H,20,21,22). The Labute approximate surface area is 144 Å². The molecule has 1 N–H and O–H groups in total. The van der Waals surface area contributed by atoms with Crippen LogP contribution in [0.2, 0.25) is 0 Å². The molecule has 1 aliphatic rings. The Balaban J connectivity index is 1.83. The van der Waals surface area contributed by atoms with Crippen molar-refractivity contribution in [1.29, 1.82) is 0 Å². The zero-order chi connectivity index (χ0) is 16.9. The monoisotopic (exact) mass is 325 g/mol. The van der Waals surface area contributed by atoms with Gasteiger partial charge in [-0.3, -0.25) is 0 Å². The molecule has 2 aromatic rings. The molecule has 1 fully saturated rings. The Kier molecular flexibility index (Phi) is 5.30. The van der Waals surface area contributed by atoms with Crippen LogP contribution < -0.4 is 10.2 Å². The van der Waals surface area contributed by atoms with Crippen LogP contribution in [0.15, 0.2) is 30.6 Å². The van der Waals surface area contributed by atoms with Gasteiger partial charge in [0.25, 0.3) is 0 Å². The van der Waals surface area contributed by atoms with E-state index in [1.54, 1.807) is 6.33 Å². The molecule has 5 nitrogen and oxygen atoms in total. The van der Waals surface area contributed by atoms with Crippen molar-refractivity contribution in [2.24, 2.45) is 0 Å². The molecule has 2 heterocycles. The van der Waals surface area contributed by atoms with Gasteiger partial charge in [0, 0.05) is 37.9 Å². The second kappa shape index (κ2) is 7.62. The van der Waals surface area contributed by atoms with Crippen LogP contribution >= 0.6 is 0 Å². The Morgan fingerprint density at radius 2 is 1.67 bits per heavy atom. The molecule has 5 heteroatoms. The molecule has 0 bridgehead atoms. The summed E-state index contributed by atoms with van der Waals surface area (Å²) in [6.07, 6.45) is 3.68. The van der Waals surface area contributed by atoms with Crippen LogP contribution in [0.5, 0.6) is 0 Å². The lowest BCUT2D eigenvalue weighted by Gasteiger charge is -2.33. The largest absolute Gasteiger partial charge is 0.354 e. The van der Waals surface area contributed by atoms with E-state index in [0.29, 0.717) is 0 Å². The fourth-order valence-electron chi connectivity index (χ4n) is 3.16. The highest BCUT2D eigenvalue weighted by molar-refractivity contribution is 5.66. The molecule has 3 rings (SSSR count). The lowest BCUT2D eigenvalue weighted by atomic mass is 10.0. The third-order valence-corrected chi connectivity index (χ3v) is 4.73. The average Bonchev–Trinajstić information content (AvgIpc) is 2.62. The fraction of sp³-hybridized carbons (Fsp3) is 0.474. The van der Waals surface area contributed by atoms with Crippen molar-refractivity contribution >= 4 is 17.3 Å². The van der Waals surface area contributed by atoms with Crippen LogP contribution in [-0.4, -0.2) is 48.1 Å². The maximum absolute atomic E-state index is 4.47. The van der Waals surface area contributed by atoms with E-state index in [2.05, 4.69) is 70.2 Å². The summed E-state index contributed by atoms with van der Waals surface area (Å²) in [5.74, 6) is 1.88. The van der Waals surface area contributed by atoms with Crippen molar-refractivity contribution in [1.82, 2.24) is 14.9 Å². The number of rotatable bonds is 5. The summed E-state index contributed by atoms with van der Waals surface area (Å²) in [7, 11) is 2.16. The van der Waals surface area contributed by atoms with E-state index in [1.165, 1.54) is 16.8 Å². The molecule has 24 heavy (non-hydrogen) atoms. The van der Waals surface area contributed by atoms with Gasteiger partial charge in [0.2, 0.25) is 0 Å². The topological polar surface area (TPSA) is 44.3 Å². The fourth-order valence-corrected chi connectivity index (χ4v) is 3.16. The smallest absolute Gasteiger partial charge is 0.135 e. The first-order chi connectivity index (χ1) is 11.7. The van der Waals surface area contributed by atoms with Gasteiger partial charge in [-0.2, -0.15) is 0 Å². The Morgan fingerprint density at radius 3 is 2.29 bits per heavy atom. The van der Waals surface area contributed by atoms with Gasteiger partial charge >= 0.3 is 0 Å². The molecule has 0 saturated carbocycles. The molecule has 0 radical (unpaired) electrons. The quantitative estimate of drug-likeness (QED) is 0.915. The van der Waals surface area contributed by atoms with Crippen molar-refractivity contribution < 1.29 is 0 Å². The maximum Gasteiger partial charge on any atom is 0.135 e. The number of likely N-dealkylation sites (N-methyl/N-ethyl adjacent to an activating group) is 1. The van der Waals surface area contributed by atoms with Crippen molar-refractivity contribution in [3.05, 3.63) is 41.7 Å². The summed E-state index contributed by atoms with van der Waals surface area (Å²) in [4.78, 5) is 13.6.